The lowest BCUT2D eigenvalue weighted by Crippen LogP contribution is -2.60. The van der Waals surface area contributed by atoms with Gasteiger partial charge in [0.1, 0.15) is 18.5 Å². The first-order valence-corrected chi connectivity index (χ1v) is 25.9. The molecule has 3 saturated heterocycles. The van der Waals surface area contributed by atoms with Gasteiger partial charge in [-0.3, -0.25) is 19.6 Å². The first-order valence-electron chi connectivity index (χ1n) is 25.9. The predicted molar refractivity (Wildman–Crippen MR) is 284 cm³/mol. The van der Waals surface area contributed by atoms with E-state index in [1.165, 1.54) is 41.3 Å². The summed E-state index contributed by atoms with van der Waals surface area (Å²) in [6.07, 6.45) is 9.29. The minimum absolute atomic E-state index is 0.0460. The number of aromatic nitrogens is 4. The van der Waals surface area contributed by atoms with Crippen LogP contribution in [0.15, 0.2) is 140 Å². The Morgan fingerprint density at radius 2 is 1.36 bits per heavy atom. The first-order chi connectivity index (χ1) is 35.9. The number of hydrogen-bond donors (Lipinski definition) is 0. The maximum Gasteiger partial charge on any atom is 0.258 e. The van der Waals surface area contributed by atoms with Crippen LogP contribution in [-0.2, 0) is 30.7 Å². The number of hydrogen-bond acceptors (Lipinski definition) is 11. The van der Waals surface area contributed by atoms with Crippen LogP contribution in [0.2, 0.25) is 0 Å². The molecule has 0 N–H and O–H groups in total. The van der Waals surface area contributed by atoms with Crippen LogP contribution in [0.1, 0.15) is 65.6 Å². The number of carbonyl (C=O) groups excluding carboxylic acids is 1. The van der Waals surface area contributed by atoms with E-state index in [1.807, 2.05) is 17.0 Å². The highest BCUT2D eigenvalue weighted by Crippen LogP contribution is 2.44. The van der Waals surface area contributed by atoms with Crippen LogP contribution in [0.3, 0.4) is 0 Å². The summed E-state index contributed by atoms with van der Waals surface area (Å²) < 4.78 is 13.3. The van der Waals surface area contributed by atoms with Crippen molar-refractivity contribution < 1.29 is 14.3 Å². The van der Waals surface area contributed by atoms with Gasteiger partial charge in [0.25, 0.3) is 5.88 Å². The summed E-state index contributed by atoms with van der Waals surface area (Å²) in [5, 5.41) is 9.26. The minimum Gasteiger partial charge on any atom is -0.484 e. The number of pyridine rings is 2. The number of amides is 1. The van der Waals surface area contributed by atoms with Crippen molar-refractivity contribution in [3.05, 3.63) is 174 Å². The summed E-state index contributed by atoms with van der Waals surface area (Å²) in [5.74, 6) is 2.21. The van der Waals surface area contributed by atoms with Gasteiger partial charge in [-0.1, -0.05) is 110 Å². The molecule has 12 nitrogen and oxygen atoms in total. The average Bonchev–Trinajstić information content (AvgIpc) is 3.45. The number of likely N-dealkylation sites (tertiary alicyclic amines) is 2. The van der Waals surface area contributed by atoms with Crippen LogP contribution < -0.4 is 14.4 Å². The van der Waals surface area contributed by atoms with E-state index in [2.05, 4.69) is 147 Å². The number of ether oxygens (including phenoxy) is 2. The fraction of sp³-hybridized carbons (Fsp3) is 0.311. The van der Waals surface area contributed by atoms with Gasteiger partial charge in [0.05, 0.1) is 11.4 Å². The van der Waals surface area contributed by atoms with Gasteiger partial charge in [-0.15, -0.1) is 0 Å². The summed E-state index contributed by atoms with van der Waals surface area (Å²) in [6, 6.07) is 45.3. The van der Waals surface area contributed by atoms with Crippen LogP contribution in [0.4, 0.5) is 5.82 Å². The number of benzene rings is 4. The zero-order valence-electron chi connectivity index (χ0n) is 41.3. The molecular formula is C61H59N9O3. The normalized spacial score (nSPS) is 18.4. The first kappa shape index (κ1) is 46.4. The molecule has 0 bridgehead atoms. The minimum atomic E-state index is -0.332. The molecule has 4 aliphatic heterocycles. The monoisotopic (exact) mass is 965 g/mol. The van der Waals surface area contributed by atoms with Gasteiger partial charge in [-0.2, -0.15) is 5.26 Å². The molecular weight excluding hydrogens is 907 g/mol. The largest absolute Gasteiger partial charge is 0.484 e. The van der Waals surface area contributed by atoms with Gasteiger partial charge < -0.3 is 19.3 Å². The van der Waals surface area contributed by atoms with Gasteiger partial charge >= 0.3 is 0 Å². The van der Waals surface area contributed by atoms with E-state index in [-0.39, 0.29) is 17.8 Å². The van der Waals surface area contributed by atoms with Gasteiger partial charge in [0, 0.05) is 99.6 Å². The van der Waals surface area contributed by atoms with Crippen molar-refractivity contribution >= 4 is 11.7 Å². The van der Waals surface area contributed by atoms with Gasteiger partial charge in [0.15, 0.2) is 11.9 Å². The summed E-state index contributed by atoms with van der Waals surface area (Å²) in [6.45, 7) is 13.1. The highest BCUT2D eigenvalue weighted by atomic mass is 16.6. The van der Waals surface area contributed by atoms with Crippen LogP contribution in [0, 0.1) is 16.7 Å². The molecule has 3 aromatic heterocycles. The van der Waals surface area contributed by atoms with Crippen LogP contribution in [0.25, 0.3) is 44.8 Å². The van der Waals surface area contributed by atoms with Crippen LogP contribution in [-0.4, -0.2) is 99.5 Å². The predicted octanol–water partition coefficient (Wildman–Crippen LogP) is 10.1. The van der Waals surface area contributed by atoms with E-state index >= 15 is 0 Å². The molecule has 4 aromatic carbocycles. The second-order valence-electron chi connectivity index (χ2n) is 20.5. The number of rotatable bonds is 11. The van der Waals surface area contributed by atoms with Crippen molar-refractivity contribution in [1.82, 2.24) is 34.6 Å². The maximum atomic E-state index is 12.1. The van der Waals surface area contributed by atoms with Crippen molar-refractivity contribution in [2.45, 2.75) is 57.7 Å². The molecule has 0 saturated carbocycles. The van der Waals surface area contributed by atoms with Crippen molar-refractivity contribution in [2.75, 3.05) is 63.9 Å². The molecule has 1 atom stereocenters. The molecule has 12 rings (SSSR count). The van der Waals surface area contributed by atoms with E-state index in [4.69, 9.17) is 19.4 Å². The second-order valence-corrected chi connectivity index (χ2v) is 20.5. The molecule has 7 heterocycles. The smallest absolute Gasteiger partial charge is 0.258 e. The number of carbonyl (C=O) groups is 1. The van der Waals surface area contributed by atoms with Crippen molar-refractivity contribution in [3.63, 3.8) is 0 Å². The summed E-state index contributed by atoms with van der Waals surface area (Å²) in [4.78, 5) is 40.3. The Balaban J connectivity index is 0.740. The average molecular weight is 966 g/mol. The third kappa shape index (κ3) is 9.71. The topological polar surface area (TPSA) is 124 Å². The number of fused-ring (bicyclic) bond motifs is 2. The maximum absolute atomic E-state index is 12.1. The lowest BCUT2D eigenvalue weighted by Gasteiger charge is -2.54. The van der Waals surface area contributed by atoms with Gasteiger partial charge in [-0.25, -0.2) is 15.0 Å². The van der Waals surface area contributed by atoms with Crippen molar-refractivity contribution in [3.8, 4) is 62.5 Å². The number of nitrogens with zero attached hydrogens (tertiary/aromatic N) is 9. The van der Waals surface area contributed by atoms with Crippen molar-refractivity contribution in [2.24, 2.45) is 5.41 Å². The second kappa shape index (κ2) is 20.1. The quantitative estimate of drug-likeness (QED) is 0.115. The fourth-order valence-electron chi connectivity index (χ4n) is 11.6. The highest BCUT2D eigenvalue weighted by molar-refractivity contribution is 5.87. The molecule has 1 aliphatic carbocycles. The molecule has 366 valence electrons. The third-order valence-electron chi connectivity index (χ3n) is 15.7. The summed E-state index contributed by atoms with van der Waals surface area (Å²) in [5.41, 5.74) is 14.8. The number of nitriles is 1. The van der Waals surface area contributed by atoms with E-state index in [9.17, 15) is 10.1 Å². The van der Waals surface area contributed by atoms with E-state index in [0.717, 1.165) is 147 Å². The summed E-state index contributed by atoms with van der Waals surface area (Å²) in [7, 11) is 0. The van der Waals surface area contributed by atoms with Gasteiger partial charge in [-0.05, 0) is 102 Å². The lowest BCUT2D eigenvalue weighted by atomic mass is 9.72. The Morgan fingerprint density at radius 3 is 2.05 bits per heavy atom. The number of aryl methyl sites for hydroxylation is 2. The molecule has 0 radical (unpaired) electrons. The zero-order chi connectivity index (χ0) is 49.3. The Labute approximate surface area is 427 Å². The Hall–Kier alpha value is -7.72. The number of piperidine rings is 1. The van der Waals surface area contributed by atoms with Crippen LogP contribution >= 0.6 is 0 Å². The third-order valence-corrected chi connectivity index (χ3v) is 15.7. The number of anilines is 1. The van der Waals surface area contributed by atoms with E-state index in [0.29, 0.717) is 23.7 Å². The van der Waals surface area contributed by atoms with Crippen molar-refractivity contribution in [1.29, 1.82) is 5.26 Å². The van der Waals surface area contributed by atoms with E-state index < -0.39 is 0 Å². The molecule has 1 unspecified atom stereocenters. The fourth-order valence-corrected chi connectivity index (χ4v) is 11.6. The van der Waals surface area contributed by atoms with Crippen LogP contribution in [0.5, 0.6) is 11.6 Å². The SMILES string of the molecule is C=CC(=O)N1CCC2(CC1)CN(Cc1ccc(-c3nc4c(cc3-c3ccccc3)OCC(c3ccc(-c5cc6c(nc5-c5ccc(CN7CCN(c8ccnc(C#N)n8)CC7)cc5)CCCC6)cc3)O4)cc1)C2. The zero-order valence-corrected chi connectivity index (χ0v) is 41.3. The molecule has 12 heteroatoms. The molecule has 7 aromatic rings. The summed E-state index contributed by atoms with van der Waals surface area (Å²) >= 11 is 0. The lowest BCUT2D eigenvalue weighted by molar-refractivity contribution is -0.131. The van der Waals surface area contributed by atoms with Gasteiger partial charge in [0.2, 0.25) is 11.7 Å². The molecule has 1 spiro atoms. The molecule has 73 heavy (non-hydrogen) atoms. The Kier molecular flexibility index (Phi) is 12.7. The Bertz CT molecular complexity index is 3190. The molecule has 5 aliphatic rings. The number of piperazine rings is 1. The highest BCUT2D eigenvalue weighted by Gasteiger charge is 2.45. The molecule has 3 fully saturated rings. The Morgan fingerprint density at radius 1 is 0.712 bits per heavy atom. The standard InChI is InChI=1S/C61H59N9O3/c1-2-57(71)70-28-25-61(26-29-70)40-68(41-61)38-43-14-18-48(19-15-43)59-51(44-8-4-3-5-9-44)35-53-60(66-59)73-54(39-72-53)46-22-20-45(21-23-46)50-34-49-10-6-7-11-52(49)64-58(50)47-16-12-42(13-17-47)37-67-30-32-69(33-31-67)56-24-27-63-55(36-62)65-56/h2-5,8-9,12-24,27,34-35,54H,1,6-7,10-11,25-26,28-33,37-41H2. The van der Waals surface area contributed by atoms with E-state index in [1.54, 1.807) is 6.20 Å². The molecule has 1 amide bonds.